The van der Waals surface area contributed by atoms with Crippen molar-refractivity contribution in [2.45, 2.75) is 58.3 Å². The van der Waals surface area contributed by atoms with Crippen molar-refractivity contribution in [1.29, 1.82) is 0 Å². The van der Waals surface area contributed by atoms with E-state index in [1.54, 1.807) is 12.1 Å². The van der Waals surface area contributed by atoms with Crippen molar-refractivity contribution in [2.24, 2.45) is 0 Å². The molecule has 0 amide bonds. The van der Waals surface area contributed by atoms with Crippen LogP contribution >= 0.6 is 0 Å². The molecule has 0 saturated carbocycles. The molecule has 0 saturated heterocycles. The van der Waals surface area contributed by atoms with E-state index in [2.05, 4.69) is 6.92 Å². The average molecular weight is 306 g/mol. The largest absolute Gasteiger partial charge is 0.462 e. The fourth-order valence-corrected chi connectivity index (χ4v) is 2.18. The zero-order valence-electron chi connectivity index (χ0n) is 13.9. The van der Waals surface area contributed by atoms with Crippen LogP contribution in [0.1, 0.15) is 68.6 Å². The first-order valence-corrected chi connectivity index (χ1v) is 8.64. The van der Waals surface area contributed by atoms with Gasteiger partial charge in [-0.1, -0.05) is 57.2 Å². The van der Waals surface area contributed by atoms with E-state index in [0.29, 0.717) is 12.2 Å². The lowest BCUT2D eigenvalue weighted by molar-refractivity contribution is 0.0497. The van der Waals surface area contributed by atoms with Crippen molar-refractivity contribution in [2.75, 3.05) is 19.8 Å². The first-order valence-electron chi connectivity index (χ1n) is 8.64. The number of unbranched alkanes of at least 4 members (excludes halogenated alkanes) is 6. The van der Waals surface area contributed by atoms with E-state index in [0.717, 1.165) is 32.5 Å². The fourth-order valence-electron chi connectivity index (χ4n) is 2.18. The number of esters is 1. The summed E-state index contributed by atoms with van der Waals surface area (Å²) in [5.41, 5.74) is 0.630. The normalized spacial score (nSPS) is 10.6. The van der Waals surface area contributed by atoms with E-state index in [1.165, 1.54) is 32.1 Å². The van der Waals surface area contributed by atoms with Crippen LogP contribution < -0.4 is 0 Å². The fraction of sp³-hybridized carbons (Fsp3) is 0.632. The summed E-state index contributed by atoms with van der Waals surface area (Å²) in [6, 6.07) is 9.16. The van der Waals surface area contributed by atoms with E-state index in [-0.39, 0.29) is 5.97 Å². The highest BCUT2D eigenvalue weighted by molar-refractivity contribution is 5.89. The van der Waals surface area contributed by atoms with Crippen molar-refractivity contribution in [1.82, 2.24) is 0 Å². The molecule has 0 bridgehead atoms. The number of rotatable bonds is 13. The van der Waals surface area contributed by atoms with Gasteiger partial charge in [0.1, 0.15) is 0 Å². The van der Waals surface area contributed by atoms with Gasteiger partial charge in [-0.05, 0) is 31.4 Å². The Balaban J connectivity index is 1.85. The van der Waals surface area contributed by atoms with Crippen molar-refractivity contribution < 1.29 is 14.3 Å². The van der Waals surface area contributed by atoms with E-state index in [1.807, 2.05) is 18.2 Å². The number of hydrogen-bond acceptors (Lipinski definition) is 3. The van der Waals surface area contributed by atoms with Gasteiger partial charge in [0.05, 0.1) is 12.2 Å². The zero-order valence-corrected chi connectivity index (χ0v) is 13.9. The van der Waals surface area contributed by atoms with E-state index >= 15 is 0 Å². The minimum Gasteiger partial charge on any atom is -0.462 e. The van der Waals surface area contributed by atoms with Crippen LogP contribution in [-0.2, 0) is 9.47 Å². The van der Waals surface area contributed by atoms with Gasteiger partial charge in [-0.2, -0.15) is 0 Å². The summed E-state index contributed by atoms with van der Waals surface area (Å²) in [5, 5.41) is 0. The van der Waals surface area contributed by atoms with Crippen LogP contribution in [0.4, 0.5) is 0 Å². The Kier molecular flexibility index (Phi) is 11.3. The lowest BCUT2D eigenvalue weighted by atomic mass is 10.1. The summed E-state index contributed by atoms with van der Waals surface area (Å²) in [4.78, 5) is 11.7. The molecule has 3 heteroatoms. The Labute approximate surface area is 135 Å². The van der Waals surface area contributed by atoms with Gasteiger partial charge in [0.25, 0.3) is 0 Å². The molecule has 0 N–H and O–H groups in total. The summed E-state index contributed by atoms with van der Waals surface area (Å²) in [7, 11) is 0. The third-order valence-corrected chi connectivity index (χ3v) is 3.57. The molecule has 0 fully saturated rings. The Hall–Kier alpha value is -1.35. The Morgan fingerprint density at radius 2 is 1.41 bits per heavy atom. The second-order valence-electron chi connectivity index (χ2n) is 5.59. The van der Waals surface area contributed by atoms with Crippen LogP contribution in [0.25, 0.3) is 0 Å². The molecule has 1 aromatic carbocycles. The summed E-state index contributed by atoms with van der Waals surface area (Å²) in [5.74, 6) is -0.218. The van der Waals surface area contributed by atoms with E-state index < -0.39 is 0 Å². The molecule has 3 nitrogen and oxygen atoms in total. The molecule has 1 aromatic rings. The van der Waals surface area contributed by atoms with Crippen LogP contribution in [0.3, 0.4) is 0 Å². The summed E-state index contributed by atoms with van der Waals surface area (Å²) in [6.45, 7) is 4.51. The molecular formula is C19H30O3. The second-order valence-corrected chi connectivity index (χ2v) is 5.59. The molecule has 0 heterocycles. The molecular weight excluding hydrogens is 276 g/mol. The van der Waals surface area contributed by atoms with Gasteiger partial charge in [-0.25, -0.2) is 4.79 Å². The SMILES string of the molecule is CCCCOCCCCCCCCOC(=O)c1ccccc1. The van der Waals surface area contributed by atoms with Gasteiger partial charge in [-0.3, -0.25) is 0 Å². The van der Waals surface area contributed by atoms with E-state index in [4.69, 9.17) is 9.47 Å². The number of hydrogen-bond donors (Lipinski definition) is 0. The minimum atomic E-state index is -0.218. The molecule has 0 atom stereocenters. The van der Waals surface area contributed by atoms with Crippen molar-refractivity contribution in [3.8, 4) is 0 Å². The van der Waals surface area contributed by atoms with Crippen molar-refractivity contribution >= 4 is 5.97 Å². The Morgan fingerprint density at radius 3 is 2.09 bits per heavy atom. The lowest BCUT2D eigenvalue weighted by Gasteiger charge is -2.05. The number of carbonyl (C=O) groups excluding carboxylic acids is 1. The lowest BCUT2D eigenvalue weighted by Crippen LogP contribution is -2.06. The van der Waals surface area contributed by atoms with Crippen LogP contribution in [0.2, 0.25) is 0 Å². The molecule has 0 unspecified atom stereocenters. The predicted octanol–water partition coefficient (Wildman–Crippen LogP) is 5.00. The first kappa shape index (κ1) is 18.7. The van der Waals surface area contributed by atoms with Gasteiger partial charge in [0.15, 0.2) is 0 Å². The molecule has 0 aliphatic rings. The summed E-state index contributed by atoms with van der Waals surface area (Å²) >= 11 is 0. The quantitative estimate of drug-likeness (QED) is 0.380. The maximum absolute atomic E-state index is 11.7. The Morgan fingerprint density at radius 1 is 0.818 bits per heavy atom. The monoisotopic (exact) mass is 306 g/mol. The van der Waals surface area contributed by atoms with Gasteiger partial charge in [0.2, 0.25) is 0 Å². The molecule has 22 heavy (non-hydrogen) atoms. The van der Waals surface area contributed by atoms with Crippen LogP contribution in [-0.4, -0.2) is 25.8 Å². The molecule has 1 rings (SSSR count). The highest BCUT2D eigenvalue weighted by atomic mass is 16.5. The maximum Gasteiger partial charge on any atom is 0.338 e. The number of benzene rings is 1. The third-order valence-electron chi connectivity index (χ3n) is 3.57. The maximum atomic E-state index is 11.7. The number of carbonyl (C=O) groups is 1. The molecule has 0 spiro atoms. The standard InChI is InChI=1S/C19H30O3/c1-2-3-15-21-16-11-6-4-5-7-12-17-22-19(20)18-13-9-8-10-14-18/h8-10,13-14H,2-7,11-12,15-17H2,1H3. The molecule has 0 aromatic heterocycles. The zero-order chi connectivity index (χ0) is 15.9. The van der Waals surface area contributed by atoms with Crippen molar-refractivity contribution in [3.05, 3.63) is 35.9 Å². The van der Waals surface area contributed by atoms with Crippen molar-refractivity contribution in [3.63, 3.8) is 0 Å². The van der Waals surface area contributed by atoms with Crippen LogP contribution in [0.5, 0.6) is 0 Å². The Bertz CT molecular complexity index is 376. The number of ether oxygens (including phenoxy) is 2. The van der Waals surface area contributed by atoms with Gasteiger partial charge in [0, 0.05) is 13.2 Å². The van der Waals surface area contributed by atoms with Crippen LogP contribution in [0.15, 0.2) is 30.3 Å². The van der Waals surface area contributed by atoms with Gasteiger partial charge >= 0.3 is 5.97 Å². The molecule has 124 valence electrons. The topological polar surface area (TPSA) is 35.5 Å². The predicted molar refractivity (Wildman–Crippen MR) is 90.2 cm³/mol. The molecule has 0 radical (unpaired) electrons. The molecule has 0 aliphatic carbocycles. The van der Waals surface area contributed by atoms with Crippen LogP contribution in [0, 0.1) is 0 Å². The second kappa shape index (κ2) is 13.3. The highest BCUT2D eigenvalue weighted by Crippen LogP contribution is 2.07. The van der Waals surface area contributed by atoms with Gasteiger partial charge in [-0.15, -0.1) is 0 Å². The average Bonchev–Trinajstić information content (AvgIpc) is 2.56. The summed E-state index contributed by atoms with van der Waals surface area (Å²) < 4.78 is 10.8. The smallest absolute Gasteiger partial charge is 0.338 e. The molecule has 0 aliphatic heterocycles. The highest BCUT2D eigenvalue weighted by Gasteiger charge is 2.04. The van der Waals surface area contributed by atoms with E-state index in [9.17, 15) is 4.79 Å². The van der Waals surface area contributed by atoms with Gasteiger partial charge < -0.3 is 9.47 Å². The minimum absolute atomic E-state index is 0.218. The summed E-state index contributed by atoms with van der Waals surface area (Å²) in [6.07, 6.45) is 9.28. The third kappa shape index (κ3) is 9.56. The first-order chi connectivity index (χ1) is 10.8.